The van der Waals surface area contributed by atoms with Gasteiger partial charge in [-0.2, -0.15) is 0 Å². The standard InChI is InChI=1S/C25H39FN6O2/c26-21-19-20(28-22-6-8-24(33)29-25(22)34)5-7-23(21)32-17-15-31(16-18-32)12-4-2-1-3-11-30-13-9-27-10-14-30/h5,7,19,22,27-28H,1-4,6,8-18H2,(H,29,33,34). The van der Waals surface area contributed by atoms with E-state index < -0.39 is 6.04 Å². The van der Waals surface area contributed by atoms with Gasteiger partial charge in [-0.3, -0.25) is 19.8 Å². The van der Waals surface area contributed by atoms with E-state index in [4.69, 9.17) is 0 Å². The fourth-order valence-electron chi connectivity index (χ4n) is 5.06. The minimum Gasteiger partial charge on any atom is -0.374 e. The predicted molar refractivity (Wildman–Crippen MR) is 133 cm³/mol. The van der Waals surface area contributed by atoms with Crippen molar-refractivity contribution in [1.82, 2.24) is 20.4 Å². The number of piperazine rings is 2. The molecule has 2 amide bonds. The van der Waals surface area contributed by atoms with E-state index in [1.54, 1.807) is 6.07 Å². The van der Waals surface area contributed by atoms with Gasteiger partial charge in [-0.15, -0.1) is 0 Å². The van der Waals surface area contributed by atoms with Crippen LogP contribution >= 0.6 is 0 Å². The molecule has 1 atom stereocenters. The Labute approximate surface area is 202 Å². The second-order valence-electron chi connectivity index (χ2n) is 9.65. The van der Waals surface area contributed by atoms with Gasteiger partial charge in [-0.05, 0) is 50.6 Å². The molecule has 3 saturated heterocycles. The molecule has 9 heteroatoms. The first-order valence-corrected chi connectivity index (χ1v) is 12.9. The van der Waals surface area contributed by atoms with Gasteiger partial charge in [0.25, 0.3) is 0 Å². The number of carbonyl (C=O) groups excluding carboxylic acids is 2. The van der Waals surface area contributed by atoms with Crippen molar-refractivity contribution in [3.63, 3.8) is 0 Å². The largest absolute Gasteiger partial charge is 0.374 e. The third-order valence-corrected chi connectivity index (χ3v) is 7.15. The maximum atomic E-state index is 14.8. The van der Waals surface area contributed by atoms with Crippen LogP contribution in [0.25, 0.3) is 0 Å². The van der Waals surface area contributed by atoms with Gasteiger partial charge in [0.15, 0.2) is 0 Å². The minimum atomic E-state index is -0.506. The summed E-state index contributed by atoms with van der Waals surface area (Å²) >= 11 is 0. The summed E-state index contributed by atoms with van der Waals surface area (Å²) < 4.78 is 14.8. The molecule has 34 heavy (non-hydrogen) atoms. The molecule has 3 heterocycles. The lowest BCUT2D eigenvalue weighted by molar-refractivity contribution is -0.133. The molecule has 0 spiro atoms. The fraction of sp³-hybridized carbons (Fsp3) is 0.680. The molecule has 3 N–H and O–H groups in total. The number of rotatable bonds is 10. The van der Waals surface area contributed by atoms with E-state index in [0.717, 1.165) is 45.8 Å². The summed E-state index contributed by atoms with van der Waals surface area (Å²) in [4.78, 5) is 30.4. The average Bonchev–Trinajstić information content (AvgIpc) is 2.84. The van der Waals surface area contributed by atoms with Crippen LogP contribution in [-0.4, -0.2) is 93.1 Å². The number of anilines is 2. The van der Waals surface area contributed by atoms with Crippen LogP contribution in [-0.2, 0) is 9.59 Å². The zero-order valence-corrected chi connectivity index (χ0v) is 20.2. The summed E-state index contributed by atoms with van der Waals surface area (Å²) in [5.74, 6) is -0.888. The maximum absolute atomic E-state index is 14.8. The van der Waals surface area contributed by atoms with E-state index in [2.05, 4.69) is 30.7 Å². The number of hydrogen-bond donors (Lipinski definition) is 3. The van der Waals surface area contributed by atoms with Gasteiger partial charge < -0.3 is 20.4 Å². The van der Waals surface area contributed by atoms with Gasteiger partial charge in [-0.1, -0.05) is 12.8 Å². The fourth-order valence-corrected chi connectivity index (χ4v) is 5.06. The number of nitrogens with zero attached hydrogens (tertiary/aromatic N) is 3. The van der Waals surface area contributed by atoms with Crippen molar-refractivity contribution < 1.29 is 14.0 Å². The Bertz CT molecular complexity index is 824. The van der Waals surface area contributed by atoms with Crippen molar-refractivity contribution in [2.75, 3.05) is 75.7 Å². The Kier molecular flexibility index (Phi) is 9.12. The van der Waals surface area contributed by atoms with E-state index in [-0.39, 0.29) is 17.6 Å². The van der Waals surface area contributed by atoms with E-state index in [1.165, 1.54) is 51.4 Å². The number of benzene rings is 1. The number of unbranched alkanes of at least 4 members (excludes halogenated alkanes) is 3. The second kappa shape index (κ2) is 12.5. The van der Waals surface area contributed by atoms with Crippen molar-refractivity contribution in [3.8, 4) is 0 Å². The Morgan fingerprint density at radius 1 is 0.912 bits per heavy atom. The molecule has 1 unspecified atom stereocenters. The summed E-state index contributed by atoms with van der Waals surface area (Å²) in [6, 6.07) is 4.55. The molecule has 3 aliphatic heterocycles. The SMILES string of the molecule is O=C1CCC(Nc2ccc(N3CCN(CCCCCCN4CCNCC4)CC3)c(F)c2)C(=O)N1. The van der Waals surface area contributed by atoms with Gasteiger partial charge in [-0.25, -0.2) is 4.39 Å². The molecular formula is C25H39FN6O2. The third kappa shape index (κ3) is 7.13. The van der Waals surface area contributed by atoms with Gasteiger partial charge in [0.1, 0.15) is 11.9 Å². The molecule has 4 rings (SSSR count). The number of carbonyl (C=O) groups is 2. The summed E-state index contributed by atoms with van der Waals surface area (Å²) in [6.07, 6.45) is 5.83. The van der Waals surface area contributed by atoms with Crippen molar-refractivity contribution in [3.05, 3.63) is 24.0 Å². The normalized spacial score (nSPS) is 22.6. The van der Waals surface area contributed by atoms with Gasteiger partial charge in [0, 0.05) is 64.5 Å². The van der Waals surface area contributed by atoms with Crippen LogP contribution in [0.5, 0.6) is 0 Å². The molecule has 8 nitrogen and oxygen atoms in total. The number of halogens is 1. The molecule has 1 aromatic rings. The van der Waals surface area contributed by atoms with Crippen LogP contribution in [0.15, 0.2) is 18.2 Å². The highest BCUT2D eigenvalue weighted by atomic mass is 19.1. The predicted octanol–water partition coefficient (Wildman–Crippen LogP) is 1.63. The number of amides is 2. The Balaban J connectivity index is 1.13. The van der Waals surface area contributed by atoms with E-state index in [9.17, 15) is 14.0 Å². The van der Waals surface area contributed by atoms with Gasteiger partial charge in [0.05, 0.1) is 5.69 Å². The lowest BCUT2D eigenvalue weighted by Gasteiger charge is -2.36. The Hall–Kier alpha value is -2.23. The van der Waals surface area contributed by atoms with Crippen molar-refractivity contribution >= 4 is 23.2 Å². The monoisotopic (exact) mass is 474 g/mol. The van der Waals surface area contributed by atoms with Crippen LogP contribution in [0, 0.1) is 5.82 Å². The van der Waals surface area contributed by atoms with Crippen LogP contribution < -0.4 is 20.9 Å². The van der Waals surface area contributed by atoms with E-state index in [1.807, 2.05) is 6.07 Å². The number of hydrogen-bond acceptors (Lipinski definition) is 7. The molecule has 1 aromatic carbocycles. The Morgan fingerprint density at radius 2 is 1.59 bits per heavy atom. The number of nitrogens with one attached hydrogen (secondary N) is 3. The van der Waals surface area contributed by atoms with Gasteiger partial charge >= 0.3 is 0 Å². The zero-order chi connectivity index (χ0) is 23.8. The summed E-state index contributed by atoms with van der Waals surface area (Å²) in [6.45, 7) is 10.5. The highest BCUT2D eigenvalue weighted by Crippen LogP contribution is 2.25. The lowest BCUT2D eigenvalue weighted by atomic mass is 10.1. The van der Waals surface area contributed by atoms with Crippen LogP contribution in [0.3, 0.4) is 0 Å². The first-order chi connectivity index (χ1) is 16.6. The molecule has 0 bridgehead atoms. The molecule has 3 fully saturated rings. The van der Waals surface area contributed by atoms with Crippen LogP contribution in [0.2, 0.25) is 0 Å². The van der Waals surface area contributed by atoms with E-state index >= 15 is 0 Å². The zero-order valence-electron chi connectivity index (χ0n) is 20.2. The third-order valence-electron chi connectivity index (χ3n) is 7.15. The smallest absolute Gasteiger partial charge is 0.249 e. The Morgan fingerprint density at radius 3 is 2.24 bits per heavy atom. The van der Waals surface area contributed by atoms with Crippen LogP contribution in [0.1, 0.15) is 38.5 Å². The van der Waals surface area contributed by atoms with Gasteiger partial charge in [0.2, 0.25) is 11.8 Å². The number of imide groups is 1. The minimum absolute atomic E-state index is 0.255. The molecular weight excluding hydrogens is 435 g/mol. The van der Waals surface area contributed by atoms with Crippen molar-refractivity contribution in [2.24, 2.45) is 0 Å². The van der Waals surface area contributed by atoms with Crippen molar-refractivity contribution in [2.45, 2.75) is 44.6 Å². The lowest BCUT2D eigenvalue weighted by Crippen LogP contribution is -2.47. The molecule has 3 aliphatic rings. The molecule has 0 saturated carbocycles. The quantitative estimate of drug-likeness (QED) is 0.351. The maximum Gasteiger partial charge on any atom is 0.249 e. The number of piperidine rings is 1. The first kappa shape index (κ1) is 24.9. The average molecular weight is 475 g/mol. The topological polar surface area (TPSA) is 80.0 Å². The summed E-state index contributed by atoms with van der Waals surface area (Å²) in [5, 5.41) is 8.77. The summed E-state index contributed by atoms with van der Waals surface area (Å²) in [7, 11) is 0. The van der Waals surface area contributed by atoms with E-state index in [0.29, 0.717) is 24.2 Å². The molecule has 0 aromatic heterocycles. The molecule has 188 valence electrons. The van der Waals surface area contributed by atoms with Crippen LogP contribution in [0.4, 0.5) is 15.8 Å². The molecule has 0 radical (unpaired) electrons. The highest BCUT2D eigenvalue weighted by molar-refractivity contribution is 6.01. The summed E-state index contributed by atoms with van der Waals surface area (Å²) in [5.41, 5.74) is 1.17. The second-order valence-corrected chi connectivity index (χ2v) is 9.65. The highest BCUT2D eigenvalue weighted by Gasteiger charge is 2.27. The van der Waals surface area contributed by atoms with Crippen molar-refractivity contribution in [1.29, 1.82) is 0 Å². The first-order valence-electron chi connectivity index (χ1n) is 12.9. The molecule has 0 aliphatic carbocycles.